The van der Waals surface area contributed by atoms with E-state index in [1.807, 2.05) is 0 Å². The summed E-state index contributed by atoms with van der Waals surface area (Å²) >= 11 is 0. The molecule has 2 aromatic rings. The van der Waals surface area contributed by atoms with Crippen LogP contribution in [0, 0.1) is 35.1 Å². The Bertz CT molecular complexity index is 1260. The predicted molar refractivity (Wildman–Crippen MR) is 120 cm³/mol. The molecular weight excluding hydrogens is 506 g/mol. The average Bonchev–Trinajstić information content (AvgIpc) is 2.98. The van der Waals surface area contributed by atoms with E-state index in [1.165, 1.54) is 6.92 Å². The highest BCUT2D eigenvalue weighted by molar-refractivity contribution is 7.92. The molecule has 6 atom stereocenters. The third kappa shape index (κ3) is 4.40. The van der Waals surface area contributed by atoms with Crippen molar-refractivity contribution < 1.29 is 46.1 Å². The fraction of sp³-hybridized carbons (Fsp3) is 0.458. The van der Waals surface area contributed by atoms with Gasteiger partial charge in [0.2, 0.25) is 0 Å². The third-order valence-corrected chi connectivity index (χ3v) is 9.57. The number of rotatable bonds is 6. The molecule has 2 unspecified atom stereocenters. The maximum atomic E-state index is 14.7. The molecule has 2 fully saturated rings. The van der Waals surface area contributed by atoms with Crippen LogP contribution in [0.2, 0.25) is 0 Å². The number of halogens is 4. The average molecular weight is 532 g/mol. The molecule has 2 aliphatic rings. The Balaban J connectivity index is 1.59. The molecule has 4 N–H and O–H groups in total. The number of benzene rings is 2. The molecule has 2 bridgehead atoms. The van der Waals surface area contributed by atoms with Crippen molar-refractivity contribution in [1.29, 1.82) is 0 Å². The number of nitrogens with one attached hydrogen (secondary N) is 1. The number of amides is 1. The first-order valence-electron chi connectivity index (χ1n) is 11.3. The van der Waals surface area contributed by atoms with Crippen molar-refractivity contribution in [2.24, 2.45) is 11.8 Å². The molecule has 0 radical (unpaired) electrons. The van der Waals surface area contributed by atoms with Gasteiger partial charge in [-0.15, -0.1) is 0 Å². The van der Waals surface area contributed by atoms with Gasteiger partial charge >= 0.3 is 0 Å². The van der Waals surface area contributed by atoms with Crippen LogP contribution in [0.5, 0.6) is 0 Å². The third-order valence-electron chi connectivity index (χ3n) is 7.38. The summed E-state index contributed by atoms with van der Waals surface area (Å²) in [6, 6.07) is 3.65. The van der Waals surface area contributed by atoms with E-state index in [0.29, 0.717) is 25.0 Å². The van der Waals surface area contributed by atoms with Crippen LogP contribution < -0.4 is 5.32 Å². The minimum atomic E-state index is -4.34. The summed E-state index contributed by atoms with van der Waals surface area (Å²) in [4.78, 5) is 11.8. The number of aliphatic hydroxyl groups is 3. The predicted octanol–water partition coefficient (Wildman–Crippen LogP) is 2.93. The Kier molecular flexibility index (Phi) is 6.93. The van der Waals surface area contributed by atoms with Crippen LogP contribution in [-0.2, 0) is 9.84 Å². The van der Waals surface area contributed by atoms with Crippen LogP contribution in [-0.4, -0.2) is 52.7 Å². The van der Waals surface area contributed by atoms with E-state index in [4.69, 9.17) is 0 Å². The summed E-state index contributed by atoms with van der Waals surface area (Å²) < 4.78 is 81.5. The smallest absolute Gasteiger partial charge is 0.255 e. The number of sulfone groups is 1. The van der Waals surface area contributed by atoms with E-state index in [2.05, 4.69) is 5.32 Å². The first-order chi connectivity index (χ1) is 16.8. The lowest BCUT2D eigenvalue weighted by molar-refractivity contribution is -0.172. The van der Waals surface area contributed by atoms with Crippen molar-refractivity contribution >= 4 is 21.4 Å². The summed E-state index contributed by atoms with van der Waals surface area (Å²) in [5.41, 5.74) is -2.41. The number of hydrogen-bond donors (Lipinski definition) is 4. The van der Waals surface area contributed by atoms with Crippen molar-refractivity contribution in [2.75, 3.05) is 5.32 Å². The molecular formula is C24H25F4NO6S. The van der Waals surface area contributed by atoms with Gasteiger partial charge in [-0.1, -0.05) is 0 Å². The van der Waals surface area contributed by atoms with Crippen molar-refractivity contribution in [1.82, 2.24) is 0 Å². The highest BCUT2D eigenvalue weighted by atomic mass is 32.2. The topological polar surface area (TPSA) is 124 Å². The fourth-order valence-corrected chi connectivity index (χ4v) is 7.50. The Hall–Kier alpha value is -2.54. The molecule has 0 aliphatic heterocycles. The second kappa shape index (κ2) is 9.40. The van der Waals surface area contributed by atoms with Crippen molar-refractivity contribution in [3.8, 4) is 0 Å². The summed E-state index contributed by atoms with van der Waals surface area (Å²) in [5, 5.41) is 32.3. The van der Waals surface area contributed by atoms with Crippen LogP contribution in [0.15, 0.2) is 35.2 Å². The van der Waals surface area contributed by atoms with Crippen LogP contribution in [0.3, 0.4) is 0 Å². The van der Waals surface area contributed by atoms with Crippen LogP contribution >= 0.6 is 0 Å². The quantitative estimate of drug-likeness (QED) is 0.336. The number of carbonyl (C=O) groups is 1. The van der Waals surface area contributed by atoms with E-state index in [0.717, 1.165) is 18.2 Å². The Morgan fingerprint density at radius 3 is 2.08 bits per heavy atom. The molecule has 0 heterocycles. The monoisotopic (exact) mass is 531 g/mol. The summed E-state index contributed by atoms with van der Waals surface area (Å²) in [5.74, 6) is -8.20. The molecule has 1 amide bonds. The maximum absolute atomic E-state index is 14.7. The van der Waals surface area contributed by atoms with Crippen LogP contribution in [0.25, 0.3) is 0 Å². The van der Waals surface area contributed by atoms with Crippen molar-refractivity contribution in [3.05, 3.63) is 59.2 Å². The number of aliphatic hydroxyl groups excluding tert-OH is 2. The standard InChI is InChI=1S/C24H25F4NO6S/c1-11(30)22(31)24(33)13-3-4-14(24)8-16(7-13)36(34,35)20-6-12(2-5-17(20)25)23(32)29-15-9-18(26)21(28)19(27)10-15/h2,5-6,9-11,13-14,16,22,30-31,33H,3-4,7-8H2,1H3,(H,29,32)/t11-,13-,14+,16?,22+,24?/m0/s1. The zero-order chi connectivity index (χ0) is 26.6. The van der Waals surface area contributed by atoms with E-state index < -0.39 is 84.5 Å². The minimum Gasteiger partial charge on any atom is -0.391 e. The van der Waals surface area contributed by atoms with Gasteiger partial charge < -0.3 is 20.6 Å². The largest absolute Gasteiger partial charge is 0.391 e. The van der Waals surface area contributed by atoms with Gasteiger partial charge in [0.05, 0.1) is 17.0 Å². The lowest BCUT2D eigenvalue weighted by Gasteiger charge is -2.46. The van der Waals surface area contributed by atoms with E-state index in [1.54, 1.807) is 0 Å². The lowest BCUT2D eigenvalue weighted by Crippen LogP contribution is -2.58. The second-order valence-electron chi connectivity index (χ2n) is 9.54. The van der Waals surface area contributed by atoms with E-state index in [9.17, 15) is 46.1 Å². The normalized spacial score (nSPS) is 27.5. The SMILES string of the molecule is C[C@H](O)[C@@H](O)C1(O)[C@@H]2CC[C@H]1CC(S(=O)(=O)c1cc(C(=O)Nc3cc(F)c(F)c(F)c3)ccc1F)C2. The highest BCUT2D eigenvalue weighted by Gasteiger charge is 2.59. The van der Waals surface area contributed by atoms with E-state index >= 15 is 0 Å². The lowest BCUT2D eigenvalue weighted by atomic mass is 9.70. The van der Waals surface area contributed by atoms with Crippen LogP contribution in [0.1, 0.15) is 43.0 Å². The van der Waals surface area contributed by atoms with Gasteiger partial charge in [-0.25, -0.2) is 26.0 Å². The van der Waals surface area contributed by atoms with Gasteiger partial charge in [0.15, 0.2) is 27.3 Å². The fourth-order valence-electron chi connectivity index (χ4n) is 5.54. The van der Waals surface area contributed by atoms with Gasteiger partial charge in [-0.3, -0.25) is 4.79 Å². The Morgan fingerprint density at radius 1 is 1.00 bits per heavy atom. The molecule has 0 saturated heterocycles. The first-order valence-corrected chi connectivity index (χ1v) is 12.9. The molecule has 196 valence electrons. The second-order valence-corrected chi connectivity index (χ2v) is 11.7. The zero-order valence-electron chi connectivity index (χ0n) is 19.1. The summed E-state index contributed by atoms with van der Waals surface area (Å²) in [6.07, 6.45) is -2.02. The van der Waals surface area contributed by atoms with Gasteiger partial charge in [0, 0.05) is 23.4 Å². The Labute approximate surface area is 204 Å². The molecule has 4 rings (SSSR count). The summed E-state index contributed by atoms with van der Waals surface area (Å²) in [6.45, 7) is 1.32. The van der Waals surface area contributed by atoms with Crippen molar-refractivity contribution in [2.45, 2.75) is 60.6 Å². The number of fused-ring (bicyclic) bond motifs is 2. The number of anilines is 1. The first kappa shape index (κ1) is 26.5. The highest BCUT2D eigenvalue weighted by Crippen LogP contribution is 2.53. The zero-order valence-corrected chi connectivity index (χ0v) is 19.9. The molecule has 2 aromatic carbocycles. The van der Waals surface area contributed by atoms with Gasteiger partial charge in [-0.2, -0.15) is 0 Å². The molecule has 2 aliphatic carbocycles. The van der Waals surface area contributed by atoms with Crippen LogP contribution in [0.4, 0.5) is 23.2 Å². The molecule has 0 aromatic heterocycles. The Morgan fingerprint density at radius 2 is 1.56 bits per heavy atom. The van der Waals surface area contributed by atoms with Gasteiger partial charge in [0.25, 0.3) is 5.91 Å². The maximum Gasteiger partial charge on any atom is 0.255 e. The number of carbonyl (C=O) groups excluding carboxylic acids is 1. The minimum absolute atomic E-state index is 0.0802. The molecule has 36 heavy (non-hydrogen) atoms. The van der Waals surface area contributed by atoms with Crippen molar-refractivity contribution in [3.63, 3.8) is 0 Å². The summed E-state index contributed by atoms with van der Waals surface area (Å²) in [7, 11) is -4.34. The van der Waals surface area contributed by atoms with Gasteiger partial charge in [0.1, 0.15) is 16.8 Å². The molecule has 7 nitrogen and oxygen atoms in total. The molecule has 12 heteroatoms. The molecule has 2 saturated carbocycles. The number of hydrogen-bond acceptors (Lipinski definition) is 6. The molecule has 0 spiro atoms. The van der Waals surface area contributed by atoms with E-state index in [-0.39, 0.29) is 18.4 Å². The van der Waals surface area contributed by atoms with Gasteiger partial charge in [-0.05, 0) is 62.6 Å².